The lowest BCUT2D eigenvalue weighted by molar-refractivity contribution is -0.123. The molecule has 2 rings (SSSR count). The summed E-state index contributed by atoms with van der Waals surface area (Å²) in [4.78, 5) is 11.9. The number of nitrogens with one attached hydrogen (secondary N) is 2. The lowest BCUT2D eigenvalue weighted by Crippen LogP contribution is -2.34. The summed E-state index contributed by atoms with van der Waals surface area (Å²) in [6.07, 6.45) is 2.93. The molecule has 1 aliphatic heterocycles. The van der Waals surface area contributed by atoms with Gasteiger partial charge in [0.25, 0.3) is 0 Å². The highest BCUT2D eigenvalue weighted by Gasteiger charge is 2.65. The summed E-state index contributed by atoms with van der Waals surface area (Å²) in [6.45, 7) is 11.5. The van der Waals surface area contributed by atoms with E-state index in [-0.39, 0.29) is 16.7 Å². The minimum absolute atomic E-state index is 0.123. The van der Waals surface area contributed by atoms with Gasteiger partial charge in [0.2, 0.25) is 5.91 Å². The monoisotopic (exact) mass is 268 g/mol. The van der Waals surface area contributed by atoms with Crippen LogP contribution in [-0.4, -0.2) is 37.7 Å². The smallest absolute Gasteiger partial charge is 0.222 e. The molecule has 0 spiro atoms. The van der Waals surface area contributed by atoms with E-state index < -0.39 is 0 Å². The molecular formula is C15H28N2O2. The van der Waals surface area contributed by atoms with Crippen LogP contribution in [0, 0.1) is 10.8 Å². The van der Waals surface area contributed by atoms with Crippen LogP contribution in [0.3, 0.4) is 0 Å². The molecule has 0 atom stereocenters. The number of piperidine rings is 1. The SMILES string of the molecule is CC1(C)C(NC(=O)CCOC2CCNCC2)C1(C)C. The summed E-state index contributed by atoms with van der Waals surface area (Å²) < 4.78 is 5.76. The van der Waals surface area contributed by atoms with Crippen molar-refractivity contribution in [3.05, 3.63) is 0 Å². The summed E-state index contributed by atoms with van der Waals surface area (Å²) in [5.74, 6) is 0.123. The van der Waals surface area contributed by atoms with Crippen LogP contribution in [0.1, 0.15) is 47.0 Å². The van der Waals surface area contributed by atoms with Crippen molar-refractivity contribution in [3.8, 4) is 0 Å². The fourth-order valence-electron chi connectivity index (χ4n) is 3.07. The molecule has 0 aromatic rings. The molecule has 1 saturated heterocycles. The first-order chi connectivity index (χ1) is 8.85. The summed E-state index contributed by atoms with van der Waals surface area (Å²) in [7, 11) is 0. The summed E-state index contributed by atoms with van der Waals surface area (Å²) in [5.41, 5.74) is 0.414. The molecule has 1 aliphatic carbocycles. The van der Waals surface area contributed by atoms with Crippen molar-refractivity contribution in [2.24, 2.45) is 10.8 Å². The largest absolute Gasteiger partial charge is 0.378 e. The molecule has 110 valence electrons. The zero-order valence-corrected chi connectivity index (χ0v) is 12.7. The van der Waals surface area contributed by atoms with Gasteiger partial charge in [-0.25, -0.2) is 0 Å². The Bertz CT molecular complexity index is 319. The van der Waals surface area contributed by atoms with E-state index in [9.17, 15) is 4.79 Å². The summed E-state index contributed by atoms with van der Waals surface area (Å²) >= 11 is 0. The Morgan fingerprint density at radius 3 is 2.32 bits per heavy atom. The van der Waals surface area contributed by atoms with Crippen molar-refractivity contribution in [1.29, 1.82) is 0 Å². The first-order valence-electron chi connectivity index (χ1n) is 7.47. The fourth-order valence-corrected chi connectivity index (χ4v) is 3.07. The van der Waals surface area contributed by atoms with Crippen molar-refractivity contribution in [2.45, 2.75) is 59.1 Å². The van der Waals surface area contributed by atoms with Gasteiger partial charge in [0, 0.05) is 12.5 Å². The lowest BCUT2D eigenvalue weighted by atomic mass is 10.0. The van der Waals surface area contributed by atoms with Crippen LogP contribution in [0.4, 0.5) is 0 Å². The molecule has 2 N–H and O–H groups in total. The van der Waals surface area contributed by atoms with E-state index in [1.165, 1.54) is 0 Å². The maximum atomic E-state index is 11.9. The zero-order chi connectivity index (χ0) is 14.1. The average molecular weight is 268 g/mol. The van der Waals surface area contributed by atoms with Crippen LogP contribution in [0.5, 0.6) is 0 Å². The van der Waals surface area contributed by atoms with Crippen LogP contribution in [0.2, 0.25) is 0 Å². The molecular weight excluding hydrogens is 240 g/mol. The molecule has 1 heterocycles. The van der Waals surface area contributed by atoms with Crippen LogP contribution in [0.15, 0.2) is 0 Å². The second kappa shape index (κ2) is 5.41. The minimum Gasteiger partial charge on any atom is -0.378 e. The second-order valence-electron chi connectivity index (χ2n) is 7.01. The number of amides is 1. The Morgan fingerprint density at radius 2 is 1.79 bits per heavy atom. The van der Waals surface area contributed by atoms with Crippen molar-refractivity contribution < 1.29 is 9.53 Å². The normalized spacial score (nSPS) is 26.1. The molecule has 0 aromatic heterocycles. The van der Waals surface area contributed by atoms with Gasteiger partial charge in [-0.2, -0.15) is 0 Å². The first-order valence-corrected chi connectivity index (χ1v) is 7.47. The van der Waals surface area contributed by atoms with Crippen molar-refractivity contribution >= 4 is 5.91 Å². The summed E-state index contributed by atoms with van der Waals surface area (Å²) in [5, 5.41) is 6.45. The van der Waals surface area contributed by atoms with Crippen molar-refractivity contribution in [1.82, 2.24) is 10.6 Å². The van der Waals surface area contributed by atoms with Gasteiger partial charge in [-0.1, -0.05) is 27.7 Å². The molecule has 0 aromatic carbocycles. The molecule has 4 heteroatoms. The number of hydrogen-bond acceptors (Lipinski definition) is 3. The van der Waals surface area contributed by atoms with Gasteiger partial charge >= 0.3 is 0 Å². The van der Waals surface area contributed by atoms with Crippen molar-refractivity contribution in [3.63, 3.8) is 0 Å². The number of carbonyl (C=O) groups excluding carboxylic acids is 1. The topological polar surface area (TPSA) is 50.4 Å². The van der Waals surface area contributed by atoms with Gasteiger partial charge in [0.1, 0.15) is 0 Å². The molecule has 0 bridgehead atoms. The quantitative estimate of drug-likeness (QED) is 0.798. The fraction of sp³-hybridized carbons (Fsp3) is 0.933. The van der Waals surface area contributed by atoms with E-state index in [2.05, 4.69) is 38.3 Å². The van der Waals surface area contributed by atoms with E-state index >= 15 is 0 Å². The molecule has 0 unspecified atom stereocenters. The third-order valence-electron chi connectivity index (χ3n) is 5.29. The van der Waals surface area contributed by atoms with Gasteiger partial charge in [0.05, 0.1) is 12.7 Å². The third-order valence-corrected chi connectivity index (χ3v) is 5.29. The average Bonchev–Trinajstić information content (AvgIpc) is 2.73. The molecule has 4 nitrogen and oxygen atoms in total. The predicted octanol–water partition coefficient (Wildman–Crippen LogP) is 1.70. The van der Waals surface area contributed by atoms with E-state index in [0.717, 1.165) is 25.9 Å². The minimum atomic E-state index is 0.123. The Morgan fingerprint density at radius 1 is 1.21 bits per heavy atom. The highest BCUT2D eigenvalue weighted by Crippen LogP contribution is 2.62. The lowest BCUT2D eigenvalue weighted by Gasteiger charge is -2.22. The van der Waals surface area contributed by atoms with Crippen LogP contribution >= 0.6 is 0 Å². The molecule has 1 amide bonds. The Kier molecular flexibility index (Phi) is 4.21. The maximum Gasteiger partial charge on any atom is 0.222 e. The predicted molar refractivity (Wildman–Crippen MR) is 76.0 cm³/mol. The summed E-state index contributed by atoms with van der Waals surface area (Å²) in [6, 6.07) is 0.298. The van der Waals surface area contributed by atoms with E-state index in [1.807, 2.05) is 0 Å². The number of carbonyl (C=O) groups is 1. The maximum absolute atomic E-state index is 11.9. The highest BCUT2D eigenvalue weighted by atomic mass is 16.5. The van der Waals surface area contributed by atoms with Crippen LogP contribution in [0.25, 0.3) is 0 Å². The number of hydrogen-bond donors (Lipinski definition) is 2. The number of ether oxygens (including phenoxy) is 1. The Balaban J connectivity index is 1.63. The first kappa shape index (κ1) is 14.8. The standard InChI is InChI=1S/C15H28N2O2/c1-14(2)13(15(14,3)4)17-12(18)7-10-19-11-5-8-16-9-6-11/h11,13,16H,5-10H2,1-4H3,(H,17,18). The van der Waals surface area contributed by atoms with Gasteiger partial charge in [0.15, 0.2) is 0 Å². The van der Waals surface area contributed by atoms with Crippen LogP contribution in [-0.2, 0) is 9.53 Å². The third kappa shape index (κ3) is 3.11. The molecule has 2 aliphatic rings. The van der Waals surface area contributed by atoms with E-state index in [1.54, 1.807) is 0 Å². The molecule has 0 radical (unpaired) electrons. The van der Waals surface area contributed by atoms with Crippen LogP contribution < -0.4 is 10.6 Å². The van der Waals surface area contributed by atoms with E-state index in [4.69, 9.17) is 4.74 Å². The van der Waals surface area contributed by atoms with Gasteiger partial charge in [-0.05, 0) is 36.8 Å². The highest BCUT2D eigenvalue weighted by molar-refractivity contribution is 5.77. The van der Waals surface area contributed by atoms with Crippen molar-refractivity contribution in [2.75, 3.05) is 19.7 Å². The second-order valence-corrected chi connectivity index (χ2v) is 7.01. The molecule has 2 fully saturated rings. The van der Waals surface area contributed by atoms with E-state index in [0.29, 0.717) is 25.2 Å². The van der Waals surface area contributed by atoms with Gasteiger partial charge in [-0.15, -0.1) is 0 Å². The molecule has 19 heavy (non-hydrogen) atoms. The van der Waals surface area contributed by atoms with Gasteiger partial charge < -0.3 is 15.4 Å². The Hall–Kier alpha value is -0.610. The zero-order valence-electron chi connectivity index (χ0n) is 12.7. The van der Waals surface area contributed by atoms with Gasteiger partial charge in [-0.3, -0.25) is 4.79 Å². The number of rotatable bonds is 5. The Labute approximate surface area is 116 Å². The molecule has 1 saturated carbocycles.